The lowest BCUT2D eigenvalue weighted by Gasteiger charge is -2.29. The van der Waals surface area contributed by atoms with Gasteiger partial charge in [0.15, 0.2) is 0 Å². The standard InChI is InChI=1S/C19H24N2O2S/c1-23-17-6-2-4-15(11-17)19(22)21-18(10-14-7-9-24-13-14)16-5-3-8-20-12-16/h3,5,7-9,12-13,15,17-18H,2,4,6,10-11H2,1H3,(H,21,22)/t15-,17-,18-/m0/s1. The Kier molecular flexibility index (Phi) is 5.99. The van der Waals surface area contributed by atoms with E-state index in [4.69, 9.17) is 4.74 Å². The minimum absolute atomic E-state index is 0.0382. The SMILES string of the molecule is CO[C@H]1CCC[C@H](C(=O)N[C@@H](Cc2ccsc2)c2cccnc2)C1. The van der Waals surface area contributed by atoms with Gasteiger partial charge in [0.05, 0.1) is 12.1 Å². The predicted octanol–water partition coefficient (Wildman–Crippen LogP) is 3.75. The summed E-state index contributed by atoms with van der Waals surface area (Å²) in [6.07, 6.45) is 8.49. The molecule has 1 saturated carbocycles. The van der Waals surface area contributed by atoms with Gasteiger partial charge >= 0.3 is 0 Å². The summed E-state index contributed by atoms with van der Waals surface area (Å²) in [6, 6.07) is 6.03. The van der Waals surface area contributed by atoms with Gasteiger partial charge in [0.2, 0.25) is 5.91 Å². The van der Waals surface area contributed by atoms with Crippen LogP contribution in [0.15, 0.2) is 41.4 Å². The molecule has 2 heterocycles. The van der Waals surface area contributed by atoms with Crippen LogP contribution in [0.25, 0.3) is 0 Å². The van der Waals surface area contributed by atoms with Crippen molar-refractivity contribution in [2.45, 2.75) is 44.2 Å². The maximum absolute atomic E-state index is 12.8. The Balaban J connectivity index is 1.70. The number of nitrogens with one attached hydrogen (secondary N) is 1. The molecule has 2 aromatic heterocycles. The summed E-state index contributed by atoms with van der Waals surface area (Å²) in [5.74, 6) is 0.186. The fourth-order valence-corrected chi connectivity index (χ4v) is 4.05. The van der Waals surface area contributed by atoms with Crippen LogP contribution in [-0.2, 0) is 16.0 Å². The highest BCUT2D eigenvalue weighted by Gasteiger charge is 2.28. The van der Waals surface area contributed by atoms with Gasteiger partial charge in [-0.15, -0.1) is 0 Å². The van der Waals surface area contributed by atoms with Crippen molar-refractivity contribution in [1.82, 2.24) is 10.3 Å². The zero-order valence-corrected chi connectivity index (χ0v) is 14.8. The number of thiophene rings is 1. The van der Waals surface area contributed by atoms with Crippen LogP contribution in [-0.4, -0.2) is 24.1 Å². The zero-order valence-electron chi connectivity index (χ0n) is 14.0. The molecule has 0 unspecified atom stereocenters. The number of amides is 1. The molecule has 0 bridgehead atoms. The predicted molar refractivity (Wildman–Crippen MR) is 95.9 cm³/mol. The molecule has 5 heteroatoms. The smallest absolute Gasteiger partial charge is 0.223 e. The van der Waals surface area contributed by atoms with E-state index in [1.165, 1.54) is 5.56 Å². The Morgan fingerprint density at radius 2 is 2.38 bits per heavy atom. The monoisotopic (exact) mass is 344 g/mol. The lowest BCUT2D eigenvalue weighted by molar-refractivity contribution is -0.128. The molecule has 128 valence electrons. The third kappa shape index (κ3) is 4.42. The summed E-state index contributed by atoms with van der Waals surface area (Å²) < 4.78 is 5.46. The molecule has 1 aliphatic rings. The molecule has 4 nitrogen and oxygen atoms in total. The van der Waals surface area contributed by atoms with E-state index in [9.17, 15) is 4.79 Å². The number of aromatic nitrogens is 1. The van der Waals surface area contributed by atoms with Gasteiger partial charge in [-0.25, -0.2) is 0 Å². The first kappa shape index (κ1) is 17.1. The normalized spacial score (nSPS) is 22.0. The molecule has 0 aliphatic heterocycles. The topological polar surface area (TPSA) is 51.2 Å². The lowest BCUT2D eigenvalue weighted by Crippen LogP contribution is -2.38. The summed E-state index contributed by atoms with van der Waals surface area (Å²) >= 11 is 1.68. The van der Waals surface area contributed by atoms with Crippen molar-refractivity contribution in [1.29, 1.82) is 0 Å². The van der Waals surface area contributed by atoms with E-state index in [2.05, 4.69) is 27.1 Å². The first-order valence-corrected chi connectivity index (χ1v) is 9.44. The highest BCUT2D eigenvalue weighted by molar-refractivity contribution is 7.07. The van der Waals surface area contributed by atoms with Crippen LogP contribution in [0.3, 0.4) is 0 Å². The molecule has 0 saturated heterocycles. The van der Waals surface area contributed by atoms with Crippen LogP contribution in [0.5, 0.6) is 0 Å². The molecule has 1 fully saturated rings. The van der Waals surface area contributed by atoms with E-state index in [0.717, 1.165) is 37.7 Å². The summed E-state index contributed by atoms with van der Waals surface area (Å²) in [6.45, 7) is 0. The molecule has 0 spiro atoms. The van der Waals surface area contributed by atoms with Crippen LogP contribution in [0.4, 0.5) is 0 Å². The fraction of sp³-hybridized carbons (Fsp3) is 0.474. The van der Waals surface area contributed by atoms with Crippen molar-refractivity contribution in [3.8, 4) is 0 Å². The van der Waals surface area contributed by atoms with Crippen molar-refractivity contribution in [2.24, 2.45) is 5.92 Å². The maximum atomic E-state index is 12.8. The van der Waals surface area contributed by atoms with E-state index in [1.54, 1.807) is 24.6 Å². The quantitative estimate of drug-likeness (QED) is 0.868. The van der Waals surface area contributed by atoms with Crippen LogP contribution < -0.4 is 5.32 Å². The van der Waals surface area contributed by atoms with Crippen LogP contribution in [0, 0.1) is 5.92 Å². The van der Waals surface area contributed by atoms with Gasteiger partial charge in [0, 0.05) is 25.4 Å². The molecular weight excluding hydrogens is 320 g/mol. The van der Waals surface area contributed by atoms with Crippen molar-refractivity contribution < 1.29 is 9.53 Å². The molecule has 3 atom stereocenters. The van der Waals surface area contributed by atoms with Gasteiger partial charge in [-0.3, -0.25) is 9.78 Å². The third-order valence-electron chi connectivity index (χ3n) is 4.75. The Labute approximate surface area is 147 Å². The number of hydrogen-bond acceptors (Lipinski definition) is 4. The number of ether oxygens (including phenoxy) is 1. The van der Waals surface area contributed by atoms with Crippen molar-refractivity contribution in [3.05, 3.63) is 52.5 Å². The maximum Gasteiger partial charge on any atom is 0.223 e. The Morgan fingerprint density at radius 3 is 3.08 bits per heavy atom. The molecule has 2 aromatic rings. The molecule has 0 radical (unpaired) electrons. The number of pyridine rings is 1. The molecule has 24 heavy (non-hydrogen) atoms. The summed E-state index contributed by atoms with van der Waals surface area (Å²) in [5.41, 5.74) is 2.30. The van der Waals surface area contributed by atoms with Crippen LogP contribution in [0.2, 0.25) is 0 Å². The number of rotatable bonds is 6. The molecule has 3 rings (SSSR count). The van der Waals surface area contributed by atoms with E-state index in [-0.39, 0.29) is 24.0 Å². The van der Waals surface area contributed by atoms with Gasteiger partial charge < -0.3 is 10.1 Å². The second kappa shape index (κ2) is 8.40. The number of nitrogens with zero attached hydrogens (tertiary/aromatic N) is 1. The average Bonchev–Trinajstić information content (AvgIpc) is 3.15. The molecular formula is C19H24N2O2S. The van der Waals surface area contributed by atoms with Crippen molar-refractivity contribution in [2.75, 3.05) is 7.11 Å². The second-order valence-electron chi connectivity index (χ2n) is 6.40. The molecule has 1 aliphatic carbocycles. The first-order valence-electron chi connectivity index (χ1n) is 8.50. The second-order valence-corrected chi connectivity index (χ2v) is 7.18. The van der Waals surface area contributed by atoms with Gasteiger partial charge in [0.1, 0.15) is 0 Å². The minimum atomic E-state index is -0.0382. The number of hydrogen-bond donors (Lipinski definition) is 1. The number of carbonyl (C=O) groups excluding carboxylic acids is 1. The van der Waals surface area contributed by atoms with Crippen molar-refractivity contribution in [3.63, 3.8) is 0 Å². The van der Waals surface area contributed by atoms with Gasteiger partial charge in [-0.1, -0.05) is 12.5 Å². The van der Waals surface area contributed by atoms with E-state index in [0.29, 0.717) is 0 Å². The Morgan fingerprint density at radius 1 is 1.46 bits per heavy atom. The lowest BCUT2D eigenvalue weighted by atomic mass is 9.86. The number of carbonyl (C=O) groups is 1. The van der Waals surface area contributed by atoms with Crippen LogP contribution >= 0.6 is 11.3 Å². The Bertz CT molecular complexity index is 630. The van der Waals surface area contributed by atoms with Gasteiger partial charge in [-0.2, -0.15) is 11.3 Å². The van der Waals surface area contributed by atoms with Crippen molar-refractivity contribution >= 4 is 17.2 Å². The van der Waals surface area contributed by atoms with E-state index < -0.39 is 0 Å². The molecule has 1 N–H and O–H groups in total. The molecule has 0 aromatic carbocycles. The molecule has 1 amide bonds. The fourth-order valence-electron chi connectivity index (χ4n) is 3.37. The van der Waals surface area contributed by atoms with E-state index in [1.807, 2.05) is 18.3 Å². The zero-order chi connectivity index (χ0) is 16.8. The van der Waals surface area contributed by atoms with Gasteiger partial charge in [-0.05, 0) is 59.7 Å². The summed E-state index contributed by atoms with van der Waals surface area (Å²) in [4.78, 5) is 17.0. The third-order valence-corrected chi connectivity index (χ3v) is 5.49. The van der Waals surface area contributed by atoms with Gasteiger partial charge in [0.25, 0.3) is 0 Å². The Hall–Kier alpha value is -1.72. The summed E-state index contributed by atoms with van der Waals surface area (Å²) in [7, 11) is 1.74. The van der Waals surface area contributed by atoms with Crippen LogP contribution in [0.1, 0.15) is 42.9 Å². The summed E-state index contributed by atoms with van der Waals surface area (Å²) in [5, 5.41) is 7.46. The first-order chi connectivity index (χ1) is 11.8. The largest absolute Gasteiger partial charge is 0.381 e. The highest BCUT2D eigenvalue weighted by Crippen LogP contribution is 2.27. The minimum Gasteiger partial charge on any atom is -0.381 e. The number of methoxy groups -OCH3 is 1. The van der Waals surface area contributed by atoms with E-state index >= 15 is 0 Å². The highest BCUT2D eigenvalue weighted by atomic mass is 32.1. The average molecular weight is 344 g/mol.